The van der Waals surface area contributed by atoms with E-state index in [2.05, 4.69) is 0 Å². The Balaban J connectivity index is 2.46. The molecular weight excluding hydrogens is 239 g/mol. The molecule has 0 saturated heterocycles. The molecule has 100 valence electrons. The maximum atomic E-state index is 13.9. The Bertz CT molecular complexity index is 561. The van der Waals surface area contributed by atoms with Gasteiger partial charge in [0, 0.05) is 30.0 Å². The van der Waals surface area contributed by atoms with E-state index in [1.807, 2.05) is 49.2 Å². The van der Waals surface area contributed by atoms with Crippen molar-refractivity contribution in [2.45, 2.75) is 19.9 Å². The van der Waals surface area contributed by atoms with Gasteiger partial charge in [0.1, 0.15) is 5.82 Å². The second kappa shape index (κ2) is 5.41. The summed E-state index contributed by atoms with van der Waals surface area (Å²) in [4.78, 5) is 1.96. The average molecular weight is 258 g/mol. The van der Waals surface area contributed by atoms with Gasteiger partial charge in [0.2, 0.25) is 0 Å². The molecule has 2 N–H and O–H groups in total. The van der Waals surface area contributed by atoms with Gasteiger partial charge in [-0.05, 0) is 38.1 Å². The predicted molar refractivity (Wildman–Crippen MR) is 78.2 cm³/mol. The van der Waals surface area contributed by atoms with Crippen molar-refractivity contribution in [1.29, 1.82) is 0 Å². The van der Waals surface area contributed by atoms with Gasteiger partial charge in [0.25, 0.3) is 0 Å². The van der Waals surface area contributed by atoms with Crippen LogP contribution in [0.4, 0.5) is 15.8 Å². The summed E-state index contributed by atoms with van der Waals surface area (Å²) in [6.45, 7) is 3.84. The van der Waals surface area contributed by atoms with Gasteiger partial charge in [0.15, 0.2) is 0 Å². The summed E-state index contributed by atoms with van der Waals surface area (Å²) in [6, 6.07) is 12.8. The topological polar surface area (TPSA) is 29.3 Å². The maximum absolute atomic E-state index is 13.9. The number of hydrogen-bond acceptors (Lipinski definition) is 2. The third kappa shape index (κ3) is 2.76. The molecule has 0 spiro atoms. The first kappa shape index (κ1) is 13.6. The van der Waals surface area contributed by atoms with Crippen LogP contribution in [-0.4, -0.2) is 7.05 Å². The molecule has 2 aromatic carbocycles. The first-order valence-electron chi connectivity index (χ1n) is 6.35. The Kier molecular flexibility index (Phi) is 3.86. The van der Waals surface area contributed by atoms with Crippen molar-refractivity contribution in [2.75, 3.05) is 11.9 Å². The molecule has 0 bridgehead atoms. The lowest BCUT2D eigenvalue weighted by Gasteiger charge is -2.24. The van der Waals surface area contributed by atoms with E-state index >= 15 is 0 Å². The molecule has 0 aliphatic heterocycles. The molecule has 0 radical (unpaired) electrons. The molecule has 0 aliphatic rings. The highest BCUT2D eigenvalue weighted by atomic mass is 19.1. The van der Waals surface area contributed by atoms with Crippen molar-refractivity contribution >= 4 is 11.4 Å². The Morgan fingerprint density at radius 3 is 2.32 bits per heavy atom. The zero-order valence-corrected chi connectivity index (χ0v) is 11.5. The Morgan fingerprint density at radius 2 is 1.74 bits per heavy atom. The van der Waals surface area contributed by atoms with Gasteiger partial charge in [0.05, 0.1) is 0 Å². The summed E-state index contributed by atoms with van der Waals surface area (Å²) >= 11 is 0. The van der Waals surface area contributed by atoms with E-state index in [0.717, 1.165) is 11.4 Å². The number of nitrogens with two attached hydrogens (primary N) is 1. The minimum absolute atomic E-state index is 0.258. The van der Waals surface area contributed by atoms with Crippen molar-refractivity contribution in [2.24, 2.45) is 5.73 Å². The van der Waals surface area contributed by atoms with Crippen LogP contribution < -0.4 is 10.6 Å². The lowest BCUT2D eigenvalue weighted by atomic mass is 10.0. The summed E-state index contributed by atoms with van der Waals surface area (Å²) in [6.07, 6.45) is 0. The summed E-state index contributed by atoms with van der Waals surface area (Å²) in [7, 11) is 1.92. The molecule has 2 aromatic rings. The monoisotopic (exact) mass is 258 g/mol. The van der Waals surface area contributed by atoms with E-state index in [1.165, 1.54) is 11.6 Å². The van der Waals surface area contributed by atoms with Crippen LogP contribution in [-0.2, 0) is 0 Å². The Hall–Kier alpha value is -1.87. The summed E-state index contributed by atoms with van der Waals surface area (Å²) in [5, 5.41) is 0. The highest BCUT2D eigenvalue weighted by Gasteiger charge is 2.16. The van der Waals surface area contributed by atoms with E-state index in [9.17, 15) is 4.39 Å². The normalized spacial score (nSPS) is 12.3. The van der Waals surface area contributed by atoms with Crippen LogP contribution in [0.2, 0.25) is 0 Å². The number of rotatable bonds is 3. The molecule has 0 aliphatic carbocycles. The number of nitrogens with zero attached hydrogens (tertiary/aromatic N) is 1. The van der Waals surface area contributed by atoms with Crippen LogP contribution in [0.1, 0.15) is 24.1 Å². The minimum atomic E-state index is -0.343. The zero-order valence-electron chi connectivity index (χ0n) is 11.5. The molecule has 0 heterocycles. The smallest absolute Gasteiger partial charge is 0.130 e. The Morgan fingerprint density at radius 1 is 1.11 bits per heavy atom. The number of hydrogen-bond donors (Lipinski definition) is 1. The van der Waals surface area contributed by atoms with E-state index in [4.69, 9.17) is 5.73 Å². The molecule has 0 saturated carbocycles. The van der Waals surface area contributed by atoms with Crippen molar-refractivity contribution in [3.8, 4) is 0 Å². The highest BCUT2D eigenvalue weighted by molar-refractivity contribution is 5.66. The molecule has 0 aromatic heterocycles. The van der Waals surface area contributed by atoms with Gasteiger partial charge in [-0.1, -0.05) is 23.8 Å². The predicted octanol–water partition coefficient (Wildman–Crippen LogP) is 3.92. The van der Waals surface area contributed by atoms with Crippen molar-refractivity contribution in [3.63, 3.8) is 0 Å². The molecular formula is C16H19FN2. The van der Waals surface area contributed by atoms with E-state index in [0.29, 0.717) is 5.56 Å². The fraction of sp³-hybridized carbons (Fsp3) is 0.250. The van der Waals surface area contributed by atoms with Crippen molar-refractivity contribution in [3.05, 3.63) is 59.4 Å². The second-order valence-electron chi connectivity index (χ2n) is 4.86. The van der Waals surface area contributed by atoms with Gasteiger partial charge in [-0.3, -0.25) is 0 Å². The number of halogens is 1. The Labute approximate surface area is 113 Å². The molecule has 3 heteroatoms. The highest BCUT2D eigenvalue weighted by Crippen LogP contribution is 2.31. The minimum Gasteiger partial charge on any atom is -0.344 e. The fourth-order valence-electron chi connectivity index (χ4n) is 2.18. The largest absolute Gasteiger partial charge is 0.344 e. The van der Waals surface area contributed by atoms with Crippen LogP contribution in [0.15, 0.2) is 42.5 Å². The fourth-order valence-corrected chi connectivity index (χ4v) is 2.18. The third-order valence-electron chi connectivity index (χ3n) is 3.27. The van der Waals surface area contributed by atoms with Crippen LogP contribution in [0.25, 0.3) is 0 Å². The SMILES string of the molecule is Cc1ccc(N(C)c2cccc(F)c2[C@H](C)N)cc1. The summed E-state index contributed by atoms with van der Waals surface area (Å²) < 4.78 is 13.9. The van der Waals surface area contributed by atoms with Gasteiger partial charge in [-0.15, -0.1) is 0 Å². The lowest BCUT2D eigenvalue weighted by molar-refractivity contribution is 0.594. The average Bonchev–Trinajstić information content (AvgIpc) is 2.38. The van der Waals surface area contributed by atoms with Gasteiger partial charge < -0.3 is 10.6 Å². The molecule has 0 unspecified atom stereocenters. The van der Waals surface area contributed by atoms with Gasteiger partial charge >= 0.3 is 0 Å². The quantitative estimate of drug-likeness (QED) is 0.904. The molecule has 1 atom stereocenters. The maximum Gasteiger partial charge on any atom is 0.130 e. The van der Waals surface area contributed by atoms with E-state index in [1.54, 1.807) is 13.0 Å². The first-order chi connectivity index (χ1) is 9.00. The van der Waals surface area contributed by atoms with Crippen molar-refractivity contribution in [1.82, 2.24) is 0 Å². The molecule has 19 heavy (non-hydrogen) atoms. The van der Waals surface area contributed by atoms with E-state index in [-0.39, 0.29) is 11.9 Å². The molecule has 2 nitrogen and oxygen atoms in total. The zero-order chi connectivity index (χ0) is 14.0. The molecule has 0 fully saturated rings. The second-order valence-corrected chi connectivity index (χ2v) is 4.86. The number of aryl methyl sites for hydroxylation is 1. The van der Waals surface area contributed by atoms with Crippen LogP contribution >= 0.6 is 0 Å². The first-order valence-corrected chi connectivity index (χ1v) is 6.35. The standard InChI is InChI=1S/C16H19FN2/c1-11-7-9-13(10-8-11)19(3)15-6-4-5-14(17)16(15)12(2)18/h4-10,12H,18H2,1-3H3/t12-/m0/s1. The molecule has 2 rings (SSSR count). The van der Waals surface area contributed by atoms with Gasteiger partial charge in [-0.25, -0.2) is 4.39 Å². The summed E-state index contributed by atoms with van der Waals surface area (Å²) in [5.41, 5.74) is 9.45. The molecule has 0 amide bonds. The van der Waals surface area contributed by atoms with Crippen LogP contribution in [0.3, 0.4) is 0 Å². The summed E-state index contributed by atoms with van der Waals surface area (Å²) in [5.74, 6) is -0.258. The number of benzene rings is 2. The van der Waals surface area contributed by atoms with Gasteiger partial charge in [-0.2, -0.15) is 0 Å². The van der Waals surface area contributed by atoms with Crippen molar-refractivity contribution < 1.29 is 4.39 Å². The van der Waals surface area contributed by atoms with Crippen LogP contribution in [0, 0.1) is 12.7 Å². The third-order valence-corrected chi connectivity index (χ3v) is 3.27. The lowest BCUT2D eigenvalue weighted by Crippen LogP contribution is -2.17. The number of anilines is 2. The van der Waals surface area contributed by atoms with E-state index < -0.39 is 0 Å². The van der Waals surface area contributed by atoms with Crippen LogP contribution in [0.5, 0.6) is 0 Å².